The molecule has 2 aliphatic rings. The Labute approximate surface area is 162 Å². The van der Waals surface area contributed by atoms with E-state index >= 15 is 0 Å². The summed E-state index contributed by atoms with van der Waals surface area (Å²) < 4.78 is 27.2. The highest BCUT2D eigenvalue weighted by atomic mass is 32.2. The first-order valence-corrected chi connectivity index (χ1v) is 11.1. The third kappa shape index (κ3) is 4.80. The van der Waals surface area contributed by atoms with Crippen LogP contribution in [0.2, 0.25) is 0 Å². The van der Waals surface area contributed by atoms with Crippen molar-refractivity contribution >= 4 is 27.5 Å². The van der Waals surface area contributed by atoms with E-state index in [0.717, 1.165) is 18.8 Å². The standard InChI is InChI=1S/C19H30N4O3S/c1-21(2)27(25,26)23-14-6-7-16(15-23)19(24)20-17-8-10-18(11-9-17)22-12-4-3-5-13-22/h8-11,16H,3-7,12-15H2,1-2H3,(H,20,24)/t16-/m1/s1. The zero-order chi connectivity index (χ0) is 19.4. The predicted octanol–water partition coefficient (Wildman–Crippen LogP) is 2.13. The van der Waals surface area contributed by atoms with E-state index in [9.17, 15) is 13.2 Å². The van der Waals surface area contributed by atoms with Crippen molar-refractivity contribution in [3.05, 3.63) is 24.3 Å². The Kier molecular flexibility index (Phi) is 6.39. The molecule has 0 aromatic heterocycles. The fourth-order valence-electron chi connectivity index (χ4n) is 3.75. The smallest absolute Gasteiger partial charge is 0.281 e. The Hall–Kier alpha value is -1.64. The van der Waals surface area contributed by atoms with Crippen molar-refractivity contribution in [2.24, 2.45) is 5.92 Å². The Morgan fingerprint density at radius 1 is 1.04 bits per heavy atom. The highest BCUT2D eigenvalue weighted by Crippen LogP contribution is 2.24. The fraction of sp³-hybridized carbons (Fsp3) is 0.632. The SMILES string of the molecule is CN(C)S(=O)(=O)N1CCC[C@@H](C(=O)Nc2ccc(N3CCCCC3)cc2)C1. The summed E-state index contributed by atoms with van der Waals surface area (Å²) in [5.74, 6) is -0.436. The Morgan fingerprint density at radius 2 is 1.70 bits per heavy atom. The molecule has 1 amide bonds. The fourth-order valence-corrected chi connectivity index (χ4v) is 4.94. The molecule has 150 valence electrons. The lowest BCUT2D eigenvalue weighted by molar-refractivity contribution is -0.120. The maximum absolute atomic E-state index is 12.6. The molecule has 3 rings (SSSR count). The van der Waals surface area contributed by atoms with Crippen molar-refractivity contribution in [1.82, 2.24) is 8.61 Å². The van der Waals surface area contributed by atoms with E-state index in [1.54, 1.807) is 0 Å². The minimum absolute atomic E-state index is 0.112. The van der Waals surface area contributed by atoms with Crippen LogP contribution < -0.4 is 10.2 Å². The molecule has 0 bridgehead atoms. The van der Waals surface area contributed by atoms with Crippen LogP contribution in [-0.2, 0) is 15.0 Å². The van der Waals surface area contributed by atoms with E-state index in [0.29, 0.717) is 19.4 Å². The van der Waals surface area contributed by atoms with Gasteiger partial charge in [-0.2, -0.15) is 17.0 Å². The van der Waals surface area contributed by atoms with Gasteiger partial charge in [-0.3, -0.25) is 4.79 Å². The molecule has 8 heteroatoms. The number of rotatable bonds is 5. The molecule has 7 nitrogen and oxygen atoms in total. The lowest BCUT2D eigenvalue weighted by Gasteiger charge is -2.32. The summed E-state index contributed by atoms with van der Waals surface area (Å²) in [5, 5.41) is 2.95. The van der Waals surface area contributed by atoms with Crippen molar-refractivity contribution in [3.63, 3.8) is 0 Å². The molecule has 0 radical (unpaired) electrons. The number of anilines is 2. The van der Waals surface area contributed by atoms with Crippen LogP contribution in [0.15, 0.2) is 24.3 Å². The largest absolute Gasteiger partial charge is 0.372 e. The third-order valence-electron chi connectivity index (χ3n) is 5.40. The van der Waals surface area contributed by atoms with Crippen LogP contribution in [0.25, 0.3) is 0 Å². The molecule has 2 saturated heterocycles. The summed E-state index contributed by atoms with van der Waals surface area (Å²) in [6, 6.07) is 7.95. The van der Waals surface area contributed by atoms with Gasteiger partial charge in [-0.05, 0) is 56.4 Å². The van der Waals surface area contributed by atoms with Gasteiger partial charge in [0.25, 0.3) is 10.2 Å². The highest BCUT2D eigenvalue weighted by Gasteiger charge is 2.33. The summed E-state index contributed by atoms with van der Waals surface area (Å²) in [5.41, 5.74) is 1.95. The van der Waals surface area contributed by atoms with Crippen LogP contribution >= 0.6 is 0 Å². The van der Waals surface area contributed by atoms with Gasteiger partial charge in [0.15, 0.2) is 0 Å². The molecule has 0 spiro atoms. The zero-order valence-corrected chi connectivity index (χ0v) is 17.0. The number of benzene rings is 1. The van der Waals surface area contributed by atoms with Gasteiger partial charge in [-0.1, -0.05) is 0 Å². The van der Waals surface area contributed by atoms with E-state index in [1.165, 1.54) is 47.7 Å². The van der Waals surface area contributed by atoms with E-state index in [2.05, 4.69) is 10.2 Å². The molecule has 0 aliphatic carbocycles. The summed E-state index contributed by atoms with van der Waals surface area (Å²) in [6.45, 7) is 2.88. The molecule has 2 aliphatic heterocycles. The van der Waals surface area contributed by atoms with Crippen LogP contribution in [0.5, 0.6) is 0 Å². The average Bonchev–Trinajstić information content (AvgIpc) is 2.69. The normalized spacial score (nSPS) is 22.0. The van der Waals surface area contributed by atoms with Gasteiger partial charge >= 0.3 is 0 Å². The average molecular weight is 395 g/mol. The molecule has 1 aromatic carbocycles. The molecule has 1 N–H and O–H groups in total. The number of hydrogen-bond acceptors (Lipinski definition) is 4. The first-order valence-electron chi connectivity index (χ1n) is 9.71. The lowest BCUT2D eigenvalue weighted by Crippen LogP contribution is -2.47. The molecule has 1 aromatic rings. The minimum Gasteiger partial charge on any atom is -0.372 e. The molecular weight excluding hydrogens is 364 g/mol. The molecule has 2 heterocycles. The molecule has 27 heavy (non-hydrogen) atoms. The van der Waals surface area contributed by atoms with Gasteiger partial charge in [0, 0.05) is 51.6 Å². The first-order chi connectivity index (χ1) is 12.9. The van der Waals surface area contributed by atoms with Crippen LogP contribution in [0, 0.1) is 5.92 Å². The van der Waals surface area contributed by atoms with E-state index in [4.69, 9.17) is 0 Å². The maximum Gasteiger partial charge on any atom is 0.281 e. The number of carbonyl (C=O) groups excluding carboxylic acids is 1. The summed E-state index contributed by atoms with van der Waals surface area (Å²) >= 11 is 0. The van der Waals surface area contributed by atoms with Gasteiger partial charge < -0.3 is 10.2 Å². The molecule has 0 saturated carbocycles. The summed E-state index contributed by atoms with van der Waals surface area (Å²) in [4.78, 5) is 15.0. The number of nitrogens with one attached hydrogen (secondary N) is 1. The van der Waals surface area contributed by atoms with E-state index in [1.807, 2.05) is 24.3 Å². The molecule has 0 unspecified atom stereocenters. The van der Waals surface area contributed by atoms with Crippen LogP contribution in [0.4, 0.5) is 11.4 Å². The number of piperidine rings is 2. The lowest BCUT2D eigenvalue weighted by atomic mass is 9.98. The van der Waals surface area contributed by atoms with Crippen molar-refractivity contribution in [2.45, 2.75) is 32.1 Å². The van der Waals surface area contributed by atoms with Crippen molar-refractivity contribution in [3.8, 4) is 0 Å². The predicted molar refractivity (Wildman–Crippen MR) is 108 cm³/mol. The van der Waals surface area contributed by atoms with Gasteiger partial charge in [-0.25, -0.2) is 0 Å². The van der Waals surface area contributed by atoms with E-state index in [-0.39, 0.29) is 18.4 Å². The number of nitrogens with zero attached hydrogens (tertiary/aromatic N) is 3. The Bertz CT molecular complexity index is 743. The quantitative estimate of drug-likeness (QED) is 0.830. The number of amides is 1. The summed E-state index contributed by atoms with van der Waals surface area (Å²) in [6.07, 6.45) is 5.15. The summed E-state index contributed by atoms with van der Waals surface area (Å²) in [7, 11) is -0.443. The van der Waals surface area contributed by atoms with Crippen molar-refractivity contribution in [2.75, 3.05) is 50.5 Å². The zero-order valence-electron chi connectivity index (χ0n) is 16.2. The minimum atomic E-state index is -3.48. The second-order valence-corrected chi connectivity index (χ2v) is 9.71. The Balaban J connectivity index is 1.59. The Morgan fingerprint density at radius 3 is 2.33 bits per heavy atom. The van der Waals surface area contributed by atoms with Crippen molar-refractivity contribution < 1.29 is 13.2 Å². The first kappa shape index (κ1) is 20.1. The second kappa shape index (κ2) is 8.58. The van der Waals surface area contributed by atoms with Gasteiger partial charge in [-0.15, -0.1) is 0 Å². The van der Waals surface area contributed by atoms with Gasteiger partial charge in [0.2, 0.25) is 5.91 Å². The van der Waals surface area contributed by atoms with E-state index < -0.39 is 10.2 Å². The number of carbonyl (C=O) groups is 1. The topological polar surface area (TPSA) is 73.0 Å². The third-order valence-corrected chi connectivity index (χ3v) is 7.31. The second-order valence-electron chi connectivity index (χ2n) is 7.57. The van der Waals surface area contributed by atoms with Crippen LogP contribution in [0.3, 0.4) is 0 Å². The van der Waals surface area contributed by atoms with Gasteiger partial charge in [0.05, 0.1) is 5.92 Å². The number of hydrogen-bond donors (Lipinski definition) is 1. The van der Waals surface area contributed by atoms with Crippen molar-refractivity contribution in [1.29, 1.82) is 0 Å². The van der Waals surface area contributed by atoms with Crippen LogP contribution in [0.1, 0.15) is 32.1 Å². The highest BCUT2D eigenvalue weighted by molar-refractivity contribution is 7.86. The van der Waals surface area contributed by atoms with Gasteiger partial charge in [0.1, 0.15) is 0 Å². The molecule has 1 atom stereocenters. The maximum atomic E-state index is 12.6. The monoisotopic (exact) mass is 394 g/mol. The molecular formula is C19H30N4O3S. The molecule has 2 fully saturated rings. The van der Waals surface area contributed by atoms with Crippen LogP contribution in [-0.4, -0.2) is 63.2 Å².